The first-order valence-electron chi connectivity index (χ1n) is 3.31. The average molecular weight is 226 g/mol. The zero-order chi connectivity index (χ0) is 10.9. The molecule has 0 amide bonds. The van der Waals surface area contributed by atoms with E-state index in [0.29, 0.717) is 6.07 Å². The van der Waals surface area contributed by atoms with Crippen molar-refractivity contribution in [2.45, 2.75) is 6.43 Å². The van der Waals surface area contributed by atoms with Crippen molar-refractivity contribution in [3.8, 4) is 0 Å². The van der Waals surface area contributed by atoms with Gasteiger partial charge in [0.15, 0.2) is 5.69 Å². The quantitative estimate of drug-likeness (QED) is 0.787. The Morgan fingerprint density at radius 1 is 1.57 bits per heavy atom. The van der Waals surface area contributed by atoms with E-state index < -0.39 is 34.6 Å². The molecule has 0 bridgehead atoms. The van der Waals surface area contributed by atoms with Gasteiger partial charge in [-0.15, -0.1) is 0 Å². The van der Waals surface area contributed by atoms with Gasteiger partial charge in [-0.05, 0) is 0 Å². The third kappa shape index (κ3) is 1.95. The first kappa shape index (κ1) is 10.8. The van der Waals surface area contributed by atoms with Gasteiger partial charge in [-0.1, -0.05) is 11.6 Å². The average Bonchev–Trinajstić information content (AvgIpc) is 2.01. The maximum absolute atomic E-state index is 12.5. The second kappa shape index (κ2) is 3.83. The van der Waals surface area contributed by atoms with Gasteiger partial charge >= 0.3 is 5.97 Å². The van der Waals surface area contributed by atoms with Gasteiger partial charge in [0, 0.05) is 6.07 Å². The monoisotopic (exact) mass is 225 g/mol. The molecule has 1 aromatic rings. The number of pyridine rings is 1. The summed E-state index contributed by atoms with van der Waals surface area (Å²) in [5, 5.41) is 7.79. The third-order valence-electron chi connectivity index (χ3n) is 1.40. The fourth-order valence-corrected chi connectivity index (χ4v) is 1.13. The smallest absolute Gasteiger partial charge is 0.355 e. The van der Waals surface area contributed by atoms with E-state index in [1.807, 2.05) is 0 Å². The zero-order valence-corrected chi connectivity index (χ0v) is 7.23. The number of alkyl halides is 2. The predicted octanol–water partition coefficient (Wildman–Crippen LogP) is 2.51. The standard InChI is InChI=1S/C7H3ClF3NO2/c8-2-1-3(9)12-5(7(13)14)4(2)6(10)11/h1,6H,(H,13,14). The van der Waals surface area contributed by atoms with Crippen LogP contribution in [0.15, 0.2) is 6.07 Å². The van der Waals surface area contributed by atoms with Crippen molar-refractivity contribution in [2.75, 3.05) is 0 Å². The number of carbonyl (C=O) groups is 1. The molecule has 0 aliphatic heterocycles. The summed E-state index contributed by atoms with van der Waals surface area (Å²) >= 11 is 5.25. The molecule has 0 aliphatic rings. The van der Waals surface area contributed by atoms with Crippen LogP contribution in [0.5, 0.6) is 0 Å². The Hall–Kier alpha value is -1.30. The van der Waals surface area contributed by atoms with Crippen molar-refractivity contribution < 1.29 is 23.1 Å². The van der Waals surface area contributed by atoms with Crippen LogP contribution in [0.1, 0.15) is 22.5 Å². The van der Waals surface area contributed by atoms with E-state index in [0.717, 1.165) is 0 Å². The lowest BCUT2D eigenvalue weighted by molar-refractivity contribution is 0.0675. The van der Waals surface area contributed by atoms with Gasteiger partial charge in [-0.3, -0.25) is 0 Å². The van der Waals surface area contributed by atoms with Crippen LogP contribution in [0.2, 0.25) is 5.02 Å². The molecule has 14 heavy (non-hydrogen) atoms. The Labute approximate surface area is 81.1 Å². The SMILES string of the molecule is O=C(O)c1nc(F)cc(Cl)c1C(F)F. The molecular weight excluding hydrogens is 223 g/mol. The fraction of sp³-hybridized carbons (Fsp3) is 0.143. The second-order valence-electron chi connectivity index (χ2n) is 2.29. The number of aromatic carboxylic acids is 1. The number of halogens is 4. The van der Waals surface area contributed by atoms with E-state index in [-0.39, 0.29) is 0 Å². The molecule has 1 aromatic heterocycles. The lowest BCUT2D eigenvalue weighted by atomic mass is 10.2. The minimum atomic E-state index is -3.11. The van der Waals surface area contributed by atoms with Gasteiger partial charge in [0.05, 0.1) is 10.6 Å². The van der Waals surface area contributed by atoms with Crippen molar-refractivity contribution in [3.05, 3.63) is 28.3 Å². The number of rotatable bonds is 2. The maximum Gasteiger partial charge on any atom is 0.355 e. The molecule has 1 rings (SSSR count). The summed E-state index contributed by atoms with van der Waals surface area (Å²) in [6, 6.07) is 0.537. The summed E-state index contributed by atoms with van der Waals surface area (Å²) in [6.07, 6.45) is -3.11. The van der Waals surface area contributed by atoms with Gasteiger partial charge < -0.3 is 5.11 Å². The highest BCUT2D eigenvalue weighted by atomic mass is 35.5. The Balaban J connectivity index is 3.44. The number of carboxylic acid groups (broad SMARTS) is 1. The number of aromatic nitrogens is 1. The summed E-state index contributed by atoms with van der Waals surface area (Å²) in [4.78, 5) is 13.2. The van der Waals surface area contributed by atoms with Crippen molar-refractivity contribution in [1.82, 2.24) is 4.98 Å². The summed E-state index contributed by atoms with van der Waals surface area (Å²) in [6.45, 7) is 0. The minimum absolute atomic E-state index is 0.537. The predicted molar refractivity (Wildman–Crippen MR) is 41.1 cm³/mol. The molecule has 3 nitrogen and oxygen atoms in total. The molecule has 0 saturated heterocycles. The van der Waals surface area contributed by atoms with E-state index in [2.05, 4.69) is 4.98 Å². The normalized spacial score (nSPS) is 10.6. The van der Waals surface area contributed by atoms with E-state index in [4.69, 9.17) is 16.7 Å². The molecule has 0 saturated carbocycles. The van der Waals surface area contributed by atoms with Crippen LogP contribution in [-0.2, 0) is 0 Å². The third-order valence-corrected chi connectivity index (χ3v) is 1.71. The van der Waals surface area contributed by atoms with Crippen molar-refractivity contribution in [1.29, 1.82) is 0 Å². The lowest BCUT2D eigenvalue weighted by Crippen LogP contribution is -2.08. The minimum Gasteiger partial charge on any atom is -0.476 e. The second-order valence-corrected chi connectivity index (χ2v) is 2.70. The summed E-state index contributed by atoms with van der Waals surface area (Å²) in [7, 11) is 0. The van der Waals surface area contributed by atoms with Crippen molar-refractivity contribution >= 4 is 17.6 Å². The van der Waals surface area contributed by atoms with Crippen LogP contribution < -0.4 is 0 Å². The Kier molecular flexibility index (Phi) is 2.95. The molecule has 0 unspecified atom stereocenters. The van der Waals surface area contributed by atoms with Crippen LogP contribution in [0.25, 0.3) is 0 Å². The largest absolute Gasteiger partial charge is 0.476 e. The summed E-state index contributed by atoms with van der Waals surface area (Å²) < 4.78 is 37.1. The number of hydrogen-bond donors (Lipinski definition) is 1. The molecule has 0 fully saturated rings. The van der Waals surface area contributed by atoms with Gasteiger partial charge in [-0.25, -0.2) is 18.6 Å². The number of carboxylic acids is 1. The van der Waals surface area contributed by atoms with E-state index in [9.17, 15) is 18.0 Å². The van der Waals surface area contributed by atoms with Crippen LogP contribution in [-0.4, -0.2) is 16.1 Å². The molecule has 1 N–H and O–H groups in total. The van der Waals surface area contributed by atoms with E-state index in [1.54, 1.807) is 0 Å². The molecule has 0 aromatic carbocycles. The van der Waals surface area contributed by atoms with Crippen molar-refractivity contribution in [3.63, 3.8) is 0 Å². The Bertz CT molecular complexity index is 383. The Morgan fingerprint density at radius 3 is 2.57 bits per heavy atom. The molecule has 0 aliphatic carbocycles. The van der Waals surface area contributed by atoms with E-state index in [1.165, 1.54) is 0 Å². The summed E-state index contributed by atoms with van der Waals surface area (Å²) in [5.41, 5.74) is -2.04. The van der Waals surface area contributed by atoms with Gasteiger partial charge in [0.1, 0.15) is 0 Å². The molecule has 0 spiro atoms. The van der Waals surface area contributed by atoms with Gasteiger partial charge in [-0.2, -0.15) is 4.39 Å². The van der Waals surface area contributed by atoms with Gasteiger partial charge in [0.25, 0.3) is 6.43 Å². The molecule has 1 heterocycles. The lowest BCUT2D eigenvalue weighted by Gasteiger charge is -2.05. The fourth-order valence-electron chi connectivity index (χ4n) is 0.865. The summed E-state index contributed by atoms with van der Waals surface area (Å²) in [5.74, 6) is -2.96. The van der Waals surface area contributed by atoms with Crippen LogP contribution in [0, 0.1) is 5.95 Å². The number of hydrogen-bond acceptors (Lipinski definition) is 2. The molecule has 0 radical (unpaired) electrons. The van der Waals surface area contributed by atoms with E-state index >= 15 is 0 Å². The molecule has 76 valence electrons. The highest BCUT2D eigenvalue weighted by Crippen LogP contribution is 2.29. The number of nitrogens with zero attached hydrogens (tertiary/aromatic N) is 1. The Morgan fingerprint density at radius 2 is 2.14 bits per heavy atom. The molecule has 0 atom stereocenters. The molecular formula is C7H3ClF3NO2. The first-order valence-corrected chi connectivity index (χ1v) is 3.68. The van der Waals surface area contributed by atoms with Crippen LogP contribution in [0.4, 0.5) is 13.2 Å². The first-order chi connectivity index (χ1) is 6.43. The molecule has 7 heteroatoms. The van der Waals surface area contributed by atoms with Crippen LogP contribution in [0.3, 0.4) is 0 Å². The highest BCUT2D eigenvalue weighted by molar-refractivity contribution is 6.31. The van der Waals surface area contributed by atoms with Crippen molar-refractivity contribution in [2.24, 2.45) is 0 Å². The van der Waals surface area contributed by atoms with Gasteiger partial charge in [0.2, 0.25) is 5.95 Å². The zero-order valence-electron chi connectivity index (χ0n) is 6.47. The maximum atomic E-state index is 12.5. The van der Waals surface area contributed by atoms with Crippen LogP contribution >= 0.6 is 11.6 Å². The highest BCUT2D eigenvalue weighted by Gasteiger charge is 2.24. The topological polar surface area (TPSA) is 50.2 Å².